The first-order valence-electron chi connectivity index (χ1n) is 11.5. The van der Waals surface area contributed by atoms with Crippen molar-refractivity contribution in [2.75, 3.05) is 11.4 Å². The van der Waals surface area contributed by atoms with Crippen LogP contribution in [0.2, 0.25) is 0 Å². The molecule has 2 fully saturated rings. The number of nitrogens with one attached hydrogen (secondary N) is 2. The maximum atomic E-state index is 13.4. The molecule has 0 radical (unpaired) electrons. The normalized spacial score (nSPS) is 22.9. The van der Waals surface area contributed by atoms with E-state index in [1.807, 2.05) is 0 Å². The standard InChI is InChI=1S/C25H27F4N3O2/c26-18-8-10-19(11-9-18)32-22(31-21-7-2-1-6-20(21)24(32)34)12-13-30-23(33)15-16-4-3-5-17(14-16)25(27,28)29/h3-5,8-11,14,20-22,31H,1-2,6-7,12-13,15H2,(H,30,33). The molecule has 2 amide bonds. The maximum Gasteiger partial charge on any atom is 0.416 e. The number of amides is 2. The molecule has 2 aliphatic rings. The van der Waals surface area contributed by atoms with Crippen molar-refractivity contribution in [1.29, 1.82) is 0 Å². The highest BCUT2D eigenvalue weighted by Crippen LogP contribution is 2.34. The Morgan fingerprint density at radius 2 is 1.82 bits per heavy atom. The van der Waals surface area contributed by atoms with Gasteiger partial charge < -0.3 is 5.32 Å². The molecule has 1 aliphatic heterocycles. The van der Waals surface area contributed by atoms with E-state index in [0.29, 0.717) is 12.1 Å². The molecule has 5 nitrogen and oxygen atoms in total. The molecule has 2 aromatic carbocycles. The van der Waals surface area contributed by atoms with Crippen LogP contribution in [-0.2, 0) is 22.2 Å². The second kappa shape index (κ2) is 10.1. The topological polar surface area (TPSA) is 61.4 Å². The van der Waals surface area contributed by atoms with Crippen LogP contribution in [-0.4, -0.2) is 30.6 Å². The summed E-state index contributed by atoms with van der Waals surface area (Å²) in [6, 6.07) is 10.5. The predicted octanol–water partition coefficient (Wildman–Crippen LogP) is 4.41. The first kappa shape index (κ1) is 24.2. The van der Waals surface area contributed by atoms with E-state index in [1.165, 1.54) is 24.3 Å². The van der Waals surface area contributed by atoms with E-state index in [0.717, 1.165) is 37.8 Å². The third-order valence-electron chi connectivity index (χ3n) is 6.50. The van der Waals surface area contributed by atoms with Crippen LogP contribution in [0, 0.1) is 11.7 Å². The second-order valence-electron chi connectivity index (χ2n) is 8.88. The first-order chi connectivity index (χ1) is 16.2. The summed E-state index contributed by atoms with van der Waals surface area (Å²) in [6.07, 6.45) is -0.895. The maximum absolute atomic E-state index is 13.4. The Hall–Kier alpha value is -2.94. The molecule has 1 aliphatic carbocycles. The molecule has 9 heteroatoms. The van der Waals surface area contributed by atoms with Gasteiger partial charge in [-0.1, -0.05) is 31.0 Å². The molecule has 2 N–H and O–H groups in total. The number of halogens is 4. The summed E-state index contributed by atoms with van der Waals surface area (Å²) in [4.78, 5) is 27.3. The number of hydrogen-bond donors (Lipinski definition) is 2. The Bertz CT molecular complexity index is 1030. The molecular formula is C25H27F4N3O2. The van der Waals surface area contributed by atoms with Crippen LogP contribution in [0.5, 0.6) is 0 Å². The SMILES string of the molecule is O=C(Cc1cccc(C(F)(F)F)c1)NCCC1NC2CCCCC2C(=O)N1c1ccc(F)cc1. The lowest BCUT2D eigenvalue weighted by atomic mass is 9.81. The Morgan fingerprint density at radius 3 is 2.56 bits per heavy atom. The Labute approximate surface area is 195 Å². The van der Waals surface area contributed by atoms with E-state index in [4.69, 9.17) is 0 Å². The van der Waals surface area contributed by atoms with Gasteiger partial charge in [-0.3, -0.25) is 19.8 Å². The van der Waals surface area contributed by atoms with Gasteiger partial charge in [0, 0.05) is 18.3 Å². The van der Waals surface area contributed by atoms with Crippen molar-refractivity contribution in [3.63, 3.8) is 0 Å². The van der Waals surface area contributed by atoms with Gasteiger partial charge in [-0.25, -0.2) is 4.39 Å². The average molecular weight is 478 g/mol. The molecule has 0 spiro atoms. The first-order valence-corrected chi connectivity index (χ1v) is 11.5. The zero-order chi connectivity index (χ0) is 24.3. The monoisotopic (exact) mass is 477 g/mol. The summed E-state index contributed by atoms with van der Waals surface area (Å²) in [5.41, 5.74) is 0.0687. The number of carbonyl (C=O) groups is 2. The minimum absolute atomic E-state index is 0.00431. The van der Waals surface area contributed by atoms with Crippen LogP contribution in [0.1, 0.15) is 43.2 Å². The van der Waals surface area contributed by atoms with Crippen molar-refractivity contribution in [2.24, 2.45) is 5.92 Å². The molecule has 2 aromatic rings. The molecule has 1 heterocycles. The number of rotatable bonds is 6. The van der Waals surface area contributed by atoms with E-state index in [-0.39, 0.29) is 42.6 Å². The molecule has 0 bridgehead atoms. The van der Waals surface area contributed by atoms with Gasteiger partial charge in [-0.2, -0.15) is 13.2 Å². The lowest BCUT2D eigenvalue weighted by molar-refractivity contribution is -0.137. The molecular weight excluding hydrogens is 450 g/mol. The van der Waals surface area contributed by atoms with Gasteiger partial charge in [0.15, 0.2) is 0 Å². The van der Waals surface area contributed by atoms with Crippen molar-refractivity contribution in [3.05, 3.63) is 65.5 Å². The lowest BCUT2D eigenvalue weighted by Crippen LogP contribution is -2.64. The Balaban J connectivity index is 1.40. The van der Waals surface area contributed by atoms with Crippen molar-refractivity contribution in [2.45, 2.75) is 56.9 Å². The van der Waals surface area contributed by atoms with E-state index in [2.05, 4.69) is 10.6 Å². The number of fused-ring (bicyclic) bond motifs is 1. The second-order valence-corrected chi connectivity index (χ2v) is 8.88. The summed E-state index contributed by atoms with van der Waals surface area (Å²) in [5, 5.41) is 6.28. The van der Waals surface area contributed by atoms with Gasteiger partial charge in [-0.05, 0) is 55.2 Å². The number of benzene rings is 2. The highest BCUT2D eigenvalue weighted by atomic mass is 19.4. The fourth-order valence-electron chi connectivity index (χ4n) is 4.85. The van der Waals surface area contributed by atoms with Crippen LogP contribution >= 0.6 is 0 Å². The number of carbonyl (C=O) groups excluding carboxylic acids is 2. The lowest BCUT2D eigenvalue weighted by Gasteiger charge is -2.46. The minimum Gasteiger partial charge on any atom is -0.356 e. The van der Waals surface area contributed by atoms with E-state index < -0.39 is 23.5 Å². The van der Waals surface area contributed by atoms with Gasteiger partial charge in [0.2, 0.25) is 11.8 Å². The molecule has 3 unspecified atom stereocenters. The molecule has 1 saturated carbocycles. The third-order valence-corrected chi connectivity index (χ3v) is 6.50. The van der Waals surface area contributed by atoms with E-state index in [1.54, 1.807) is 17.0 Å². The van der Waals surface area contributed by atoms with Crippen LogP contribution < -0.4 is 15.5 Å². The van der Waals surface area contributed by atoms with Crippen molar-refractivity contribution in [1.82, 2.24) is 10.6 Å². The zero-order valence-corrected chi connectivity index (χ0v) is 18.6. The molecule has 34 heavy (non-hydrogen) atoms. The number of nitrogens with zero attached hydrogens (tertiary/aromatic N) is 1. The summed E-state index contributed by atoms with van der Waals surface area (Å²) < 4.78 is 52.2. The van der Waals surface area contributed by atoms with Gasteiger partial charge in [0.1, 0.15) is 5.82 Å². The van der Waals surface area contributed by atoms with Crippen LogP contribution in [0.3, 0.4) is 0 Å². The zero-order valence-electron chi connectivity index (χ0n) is 18.6. The molecule has 182 valence electrons. The Morgan fingerprint density at radius 1 is 1.09 bits per heavy atom. The van der Waals surface area contributed by atoms with Gasteiger partial charge >= 0.3 is 6.18 Å². The molecule has 0 aromatic heterocycles. The summed E-state index contributed by atoms with van der Waals surface area (Å²) in [7, 11) is 0. The van der Waals surface area contributed by atoms with Crippen LogP contribution in [0.4, 0.5) is 23.2 Å². The summed E-state index contributed by atoms with van der Waals surface area (Å²) >= 11 is 0. The smallest absolute Gasteiger partial charge is 0.356 e. The molecule has 4 rings (SSSR count). The van der Waals surface area contributed by atoms with Gasteiger partial charge in [0.05, 0.1) is 24.1 Å². The highest BCUT2D eigenvalue weighted by Gasteiger charge is 2.42. The number of hydrogen-bond acceptors (Lipinski definition) is 3. The van der Waals surface area contributed by atoms with Crippen molar-refractivity contribution in [3.8, 4) is 0 Å². The van der Waals surface area contributed by atoms with Crippen molar-refractivity contribution >= 4 is 17.5 Å². The third kappa shape index (κ3) is 5.58. The van der Waals surface area contributed by atoms with Gasteiger partial charge in [0.25, 0.3) is 0 Å². The Kier molecular flexibility index (Phi) is 7.21. The fraction of sp³-hybridized carbons (Fsp3) is 0.440. The molecule has 3 atom stereocenters. The largest absolute Gasteiger partial charge is 0.416 e. The van der Waals surface area contributed by atoms with Crippen molar-refractivity contribution < 1.29 is 27.2 Å². The van der Waals surface area contributed by atoms with E-state index >= 15 is 0 Å². The van der Waals surface area contributed by atoms with Gasteiger partial charge in [-0.15, -0.1) is 0 Å². The highest BCUT2D eigenvalue weighted by molar-refractivity contribution is 5.97. The minimum atomic E-state index is -4.47. The average Bonchev–Trinajstić information content (AvgIpc) is 2.80. The number of anilines is 1. The predicted molar refractivity (Wildman–Crippen MR) is 119 cm³/mol. The molecule has 1 saturated heterocycles. The van der Waals surface area contributed by atoms with E-state index in [9.17, 15) is 27.2 Å². The summed E-state index contributed by atoms with van der Waals surface area (Å²) in [5.74, 6) is -0.929. The van der Waals surface area contributed by atoms with Crippen LogP contribution in [0.15, 0.2) is 48.5 Å². The quantitative estimate of drug-likeness (QED) is 0.606. The fourth-order valence-corrected chi connectivity index (χ4v) is 4.85. The summed E-state index contributed by atoms with van der Waals surface area (Å²) in [6.45, 7) is 0.234. The number of alkyl halides is 3. The van der Waals surface area contributed by atoms with Crippen LogP contribution in [0.25, 0.3) is 0 Å².